The molecule has 0 spiro atoms. The Morgan fingerprint density at radius 2 is 1.88 bits per heavy atom. The molecule has 1 aromatic carbocycles. The van der Waals surface area contributed by atoms with Gasteiger partial charge in [-0.1, -0.05) is 19.1 Å². The van der Waals surface area contributed by atoms with E-state index in [0.29, 0.717) is 47.5 Å². The van der Waals surface area contributed by atoms with Crippen molar-refractivity contribution in [2.24, 2.45) is 7.05 Å². The number of nitriles is 1. The summed E-state index contributed by atoms with van der Waals surface area (Å²) in [6.07, 6.45) is -1.30. The maximum Gasteiger partial charge on any atom is 0.417 e. The molecule has 0 N–H and O–H groups in total. The van der Waals surface area contributed by atoms with Crippen molar-refractivity contribution in [3.8, 4) is 6.07 Å². The van der Waals surface area contributed by atoms with Crippen LogP contribution in [0.25, 0.3) is 11.0 Å². The van der Waals surface area contributed by atoms with Crippen LogP contribution in [-0.4, -0.2) is 49.4 Å². The monoisotopic (exact) mass is 567 g/mol. The lowest BCUT2D eigenvalue weighted by molar-refractivity contribution is -0.137. The number of piperazine rings is 1. The highest BCUT2D eigenvalue weighted by Gasteiger charge is 2.38. The fourth-order valence-electron chi connectivity index (χ4n) is 5.60. The molecule has 4 heterocycles. The van der Waals surface area contributed by atoms with E-state index in [1.54, 1.807) is 31.4 Å². The summed E-state index contributed by atoms with van der Waals surface area (Å²) in [5, 5.41) is 13.7. The zero-order chi connectivity index (χ0) is 29.5. The summed E-state index contributed by atoms with van der Waals surface area (Å²) in [5.74, 6) is -0.413. The van der Waals surface area contributed by atoms with Crippen molar-refractivity contribution in [2.45, 2.75) is 51.1 Å². The fourth-order valence-corrected chi connectivity index (χ4v) is 5.60. The number of rotatable bonds is 6. The number of benzene rings is 1. The van der Waals surface area contributed by atoms with Gasteiger partial charge in [0.1, 0.15) is 17.9 Å². The van der Waals surface area contributed by atoms with Crippen LogP contribution in [0.3, 0.4) is 0 Å². The van der Waals surface area contributed by atoms with E-state index in [0.717, 1.165) is 12.3 Å². The lowest BCUT2D eigenvalue weighted by Crippen LogP contribution is -2.58. The molecule has 41 heavy (non-hydrogen) atoms. The Labute approximate surface area is 234 Å². The minimum absolute atomic E-state index is 0.0444. The van der Waals surface area contributed by atoms with Gasteiger partial charge in [-0.25, -0.2) is 4.39 Å². The van der Waals surface area contributed by atoms with Crippen molar-refractivity contribution in [3.05, 3.63) is 87.9 Å². The van der Waals surface area contributed by atoms with Crippen LogP contribution in [-0.2, 0) is 19.8 Å². The Bertz CT molecular complexity index is 1640. The van der Waals surface area contributed by atoms with Gasteiger partial charge < -0.3 is 9.47 Å². The zero-order valence-electron chi connectivity index (χ0n) is 22.8. The van der Waals surface area contributed by atoms with Crippen LogP contribution >= 0.6 is 0 Å². The van der Waals surface area contributed by atoms with E-state index in [9.17, 15) is 22.4 Å². The van der Waals surface area contributed by atoms with E-state index in [1.807, 2.05) is 13.8 Å². The summed E-state index contributed by atoms with van der Waals surface area (Å²) in [6, 6.07) is 11.2. The molecule has 0 radical (unpaired) electrons. The number of anilines is 1. The maximum absolute atomic E-state index is 13.8. The minimum atomic E-state index is -4.51. The number of nitrogens with zero attached hydrogens (tertiary/aromatic N) is 7. The average molecular weight is 568 g/mol. The second-order valence-electron chi connectivity index (χ2n) is 10.3. The molecule has 0 bridgehead atoms. The highest BCUT2D eigenvalue weighted by Crippen LogP contribution is 2.37. The molecule has 214 valence electrons. The standard InChI is InChI=1S/C29H29F4N7O/c1-4-22-16-39(24-13-26(41)37(3)25-17-38(12-11-34)36-27(24)25)18(2)15-40(22)28(19-5-8-21(30)9-6-19)23-10-7-20(14-35-23)29(31,32)33/h5-10,13-14,17-18,22,28H,4,12,15-16H2,1-3H3/t18-,22+,28?/m0/s1. The Morgan fingerprint density at radius 1 is 1.15 bits per heavy atom. The van der Waals surface area contributed by atoms with Gasteiger partial charge in [0, 0.05) is 44.5 Å². The maximum atomic E-state index is 13.8. The van der Waals surface area contributed by atoms with Gasteiger partial charge in [0.15, 0.2) is 0 Å². The predicted octanol–water partition coefficient (Wildman–Crippen LogP) is 4.89. The minimum Gasteiger partial charge on any atom is -0.364 e. The topological polar surface area (TPSA) is 83.0 Å². The zero-order valence-corrected chi connectivity index (χ0v) is 22.8. The van der Waals surface area contributed by atoms with Crippen molar-refractivity contribution < 1.29 is 17.6 Å². The van der Waals surface area contributed by atoms with E-state index >= 15 is 0 Å². The van der Waals surface area contributed by atoms with Gasteiger partial charge in [-0.15, -0.1) is 0 Å². The van der Waals surface area contributed by atoms with Gasteiger partial charge in [0.2, 0.25) is 0 Å². The van der Waals surface area contributed by atoms with Gasteiger partial charge >= 0.3 is 6.18 Å². The SMILES string of the molecule is CC[C@@H]1CN(c2cc(=O)n(C)c3cn(CC#N)nc23)[C@@H](C)CN1C(c1ccc(F)cc1)c1ccc(C(F)(F)F)cn1. The summed E-state index contributed by atoms with van der Waals surface area (Å²) in [5.41, 5.74) is 1.98. The molecule has 8 nitrogen and oxygen atoms in total. The van der Waals surface area contributed by atoms with Crippen molar-refractivity contribution >= 4 is 16.7 Å². The molecule has 1 aliphatic rings. The molecule has 0 amide bonds. The number of aromatic nitrogens is 4. The first kappa shape index (κ1) is 28.3. The Balaban J connectivity index is 1.55. The molecule has 1 fully saturated rings. The van der Waals surface area contributed by atoms with Crippen LogP contribution in [0.1, 0.15) is 43.1 Å². The summed E-state index contributed by atoms with van der Waals surface area (Å²) in [7, 11) is 1.66. The molecule has 1 saturated heterocycles. The number of fused-ring (bicyclic) bond motifs is 1. The molecule has 0 aliphatic carbocycles. The van der Waals surface area contributed by atoms with E-state index < -0.39 is 23.6 Å². The largest absolute Gasteiger partial charge is 0.417 e. The van der Waals surface area contributed by atoms with Gasteiger partial charge in [0.05, 0.1) is 40.8 Å². The third-order valence-corrected chi connectivity index (χ3v) is 7.75. The summed E-state index contributed by atoms with van der Waals surface area (Å²) in [6.45, 7) is 5.07. The number of hydrogen-bond donors (Lipinski definition) is 0. The molecule has 1 aliphatic heterocycles. The van der Waals surface area contributed by atoms with Crippen molar-refractivity contribution in [2.75, 3.05) is 18.0 Å². The third-order valence-electron chi connectivity index (χ3n) is 7.75. The first-order chi connectivity index (χ1) is 19.5. The number of aryl methyl sites for hydroxylation is 1. The molecular formula is C29H29F4N7O. The molecule has 4 aromatic rings. The van der Waals surface area contributed by atoms with Crippen LogP contribution < -0.4 is 10.5 Å². The van der Waals surface area contributed by atoms with E-state index in [2.05, 4.69) is 26.0 Å². The summed E-state index contributed by atoms with van der Waals surface area (Å²) >= 11 is 0. The van der Waals surface area contributed by atoms with Gasteiger partial charge in [0.25, 0.3) is 5.56 Å². The lowest BCUT2D eigenvalue weighted by Gasteiger charge is -2.49. The normalized spacial score (nSPS) is 18.9. The molecule has 12 heteroatoms. The molecule has 0 saturated carbocycles. The molecule has 3 aromatic heterocycles. The van der Waals surface area contributed by atoms with Gasteiger partial charge in [-0.3, -0.25) is 19.4 Å². The van der Waals surface area contributed by atoms with E-state index in [4.69, 9.17) is 5.26 Å². The smallest absolute Gasteiger partial charge is 0.364 e. The Hall–Kier alpha value is -4.24. The van der Waals surface area contributed by atoms with Crippen LogP contribution in [0.15, 0.2) is 59.7 Å². The van der Waals surface area contributed by atoms with E-state index in [-0.39, 0.29) is 24.2 Å². The second-order valence-corrected chi connectivity index (χ2v) is 10.3. The number of alkyl halides is 3. The quantitative estimate of drug-likeness (QED) is 0.309. The summed E-state index contributed by atoms with van der Waals surface area (Å²) < 4.78 is 56.7. The molecule has 1 unspecified atom stereocenters. The van der Waals surface area contributed by atoms with E-state index in [1.165, 1.54) is 27.4 Å². The first-order valence-electron chi connectivity index (χ1n) is 13.3. The van der Waals surface area contributed by atoms with Gasteiger partial charge in [-0.05, 0) is 43.2 Å². The van der Waals surface area contributed by atoms with Gasteiger partial charge in [-0.2, -0.15) is 23.5 Å². The Kier molecular flexibility index (Phi) is 7.57. The average Bonchev–Trinajstić information content (AvgIpc) is 3.36. The number of halogens is 4. The second kappa shape index (κ2) is 11.0. The van der Waals surface area contributed by atoms with Crippen molar-refractivity contribution in [3.63, 3.8) is 0 Å². The van der Waals surface area contributed by atoms with Crippen LogP contribution in [0, 0.1) is 17.1 Å². The lowest BCUT2D eigenvalue weighted by atomic mass is 9.94. The Morgan fingerprint density at radius 3 is 2.49 bits per heavy atom. The molecule has 5 rings (SSSR count). The summed E-state index contributed by atoms with van der Waals surface area (Å²) in [4.78, 5) is 21.4. The third kappa shape index (κ3) is 5.41. The fraction of sp³-hybridized carbons (Fsp3) is 0.379. The first-order valence-corrected chi connectivity index (χ1v) is 13.3. The number of pyridine rings is 2. The molecule has 3 atom stereocenters. The predicted molar refractivity (Wildman–Crippen MR) is 146 cm³/mol. The highest BCUT2D eigenvalue weighted by molar-refractivity contribution is 5.88. The van der Waals surface area contributed by atoms with Crippen LogP contribution in [0.2, 0.25) is 0 Å². The van der Waals surface area contributed by atoms with Crippen molar-refractivity contribution in [1.29, 1.82) is 5.26 Å². The molecular weight excluding hydrogens is 538 g/mol. The number of hydrogen-bond acceptors (Lipinski definition) is 6. The van der Waals surface area contributed by atoms with Crippen LogP contribution in [0.5, 0.6) is 0 Å². The van der Waals surface area contributed by atoms with Crippen LogP contribution in [0.4, 0.5) is 23.2 Å². The van der Waals surface area contributed by atoms with Crippen molar-refractivity contribution in [1.82, 2.24) is 24.2 Å². The highest BCUT2D eigenvalue weighted by atomic mass is 19.4.